The molecule has 2 rings (SSSR count). The third kappa shape index (κ3) is 2.30. The second-order valence-electron chi connectivity index (χ2n) is 5.84. The number of anilines is 1. The van der Waals surface area contributed by atoms with Crippen LogP contribution in [0.4, 0.5) is 5.69 Å². The zero-order valence-corrected chi connectivity index (χ0v) is 12.5. The molecule has 4 heteroatoms. The highest BCUT2D eigenvalue weighted by molar-refractivity contribution is 5.64. The topological polar surface area (TPSA) is 35.9 Å². The highest BCUT2D eigenvalue weighted by atomic mass is 16.5. The molecule has 1 heterocycles. The molecule has 2 atom stereocenters. The van der Waals surface area contributed by atoms with Gasteiger partial charge in [-0.1, -0.05) is 6.92 Å². The van der Waals surface area contributed by atoms with Gasteiger partial charge < -0.3 is 19.6 Å². The van der Waals surface area contributed by atoms with Gasteiger partial charge in [-0.2, -0.15) is 0 Å². The molecule has 0 radical (unpaired) electrons. The maximum absolute atomic E-state index is 10.6. The third-order valence-corrected chi connectivity index (χ3v) is 4.21. The largest absolute Gasteiger partial charge is 0.497 e. The first kappa shape index (κ1) is 14.2. The lowest BCUT2D eigenvalue weighted by Gasteiger charge is -2.32. The summed E-state index contributed by atoms with van der Waals surface area (Å²) in [4.78, 5) is 4.10. The summed E-state index contributed by atoms with van der Waals surface area (Å²) in [6, 6.07) is 6.02. The van der Waals surface area contributed by atoms with E-state index in [4.69, 9.17) is 4.74 Å². The van der Waals surface area contributed by atoms with Gasteiger partial charge in [0, 0.05) is 18.2 Å². The Labute approximate surface area is 115 Å². The standard InChI is InChI=1S/C15H24N2O2/c1-15(8-9-16(2)3)12-10-11(19-5)6-7-13(12)17(4)14(15)18/h6-7,10,14,18H,8-9H2,1-5H3. The molecule has 19 heavy (non-hydrogen) atoms. The molecule has 0 saturated heterocycles. The molecule has 106 valence electrons. The van der Waals surface area contributed by atoms with E-state index in [1.54, 1.807) is 7.11 Å². The number of benzene rings is 1. The van der Waals surface area contributed by atoms with Gasteiger partial charge in [0.15, 0.2) is 0 Å². The first-order valence-electron chi connectivity index (χ1n) is 6.64. The minimum Gasteiger partial charge on any atom is -0.497 e. The van der Waals surface area contributed by atoms with Gasteiger partial charge >= 0.3 is 0 Å². The van der Waals surface area contributed by atoms with Gasteiger partial charge in [0.1, 0.15) is 12.0 Å². The van der Waals surface area contributed by atoms with Crippen LogP contribution in [-0.2, 0) is 5.41 Å². The average Bonchev–Trinajstić information content (AvgIpc) is 2.59. The Kier molecular flexibility index (Phi) is 3.74. The van der Waals surface area contributed by atoms with E-state index in [2.05, 4.69) is 32.0 Å². The minimum atomic E-state index is -0.491. The van der Waals surface area contributed by atoms with Crippen molar-refractivity contribution in [2.24, 2.45) is 0 Å². The number of methoxy groups -OCH3 is 1. The first-order valence-corrected chi connectivity index (χ1v) is 6.64. The second-order valence-corrected chi connectivity index (χ2v) is 5.84. The van der Waals surface area contributed by atoms with Crippen LogP contribution < -0.4 is 9.64 Å². The Balaban J connectivity index is 2.40. The smallest absolute Gasteiger partial charge is 0.136 e. The van der Waals surface area contributed by atoms with Crippen LogP contribution in [-0.4, -0.2) is 51.0 Å². The van der Waals surface area contributed by atoms with E-state index in [0.29, 0.717) is 0 Å². The Bertz CT molecular complexity index is 461. The zero-order valence-electron chi connectivity index (χ0n) is 12.5. The van der Waals surface area contributed by atoms with Crippen molar-refractivity contribution in [1.82, 2.24) is 4.90 Å². The van der Waals surface area contributed by atoms with Crippen LogP contribution >= 0.6 is 0 Å². The summed E-state index contributed by atoms with van der Waals surface area (Å²) >= 11 is 0. The summed E-state index contributed by atoms with van der Waals surface area (Å²) < 4.78 is 5.32. The van der Waals surface area contributed by atoms with Gasteiger partial charge in [-0.15, -0.1) is 0 Å². The van der Waals surface area contributed by atoms with Crippen molar-refractivity contribution >= 4 is 5.69 Å². The molecular weight excluding hydrogens is 240 g/mol. The molecule has 2 unspecified atom stereocenters. The van der Waals surface area contributed by atoms with Crippen LogP contribution in [0, 0.1) is 0 Å². The van der Waals surface area contributed by atoms with Crippen LogP contribution in [0.5, 0.6) is 5.75 Å². The number of hydrogen-bond donors (Lipinski definition) is 1. The van der Waals surface area contributed by atoms with Crippen LogP contribution in [0.3, 0.4) is 0 Å². The maximum atomic E-state index is 10.6. The van der Waals surface area contributed by atoms with Gasteiger partial charge in [-0.05, 0) is 50.8 Å². The van der Waals surface area contributed by atoms with Crippen LogP contribution in [0.15, 0.2) is 18.2 Å². The van der Waals surface area contributed by atoms with Crippen molar-refractivity contribution in [2.45, 2.75) is 25.0 Å². The highest BCUT2D eigenvalue weighted by Crippen LogP contribution is 2.46. The van der Waals surface area contributed by atoms with E-state index in [0.717, 1.165) is 24.4 Å². The Hall–Kier alpha value is -1.26. The molecule has 0 aromatic heterocycles. The summed E-state index contributed by atoms with van der Waals surface area (Å²) in [5.74, 6) is 0.845. The third-order valence-electron chi connectivity index (χ3n) is 4.21. The number of nitrogens with zero attached hydrogens (tertiary/aromatic N) is 2. The van der Waals surface area contributed by atoms with Crippen molar-refractivity contribution in [2.75, 3.05) is 39.7 Å². The Morgan fingerprint density at radius 3 is 2.68 bits per heavy atom. The minimum absolute atomic E-state index is 0.261. The monoisotopic (exact) mass is 264 g/mol. The molecule has 0 spiro atoms. The molecule has 0 fully saturated rings. The van der Waals surface area contributed by atoms with Crippen molar-refractivity contribution in [1.29, 1.82) is 0 Å². The van der Waals surface area contributed by atoms with Crippen molar-refractivity contribution in [3.63, 3.8) is 0 Å². The molecule has 0 saturated carbocycles. The van der Waals surface area contributed by atoms with Gasteiger partial charge in [0.05, 0.1) is 7.11 Å². The van der Waals surface area contributed by atoms with Gasteiger partial charge in [-0.3, -0.25) is 0 Å². The lowest BCUT2D eigenvalue weighted by Crippen LogP contribution is -2.42. The summed E-state index contributed by atoms with van der Waals surface area (Å²) in [5, 5.41) is 10.6. The van der Waals surface area contributed by atoms with Crippen molar-refractivity contribution in [3.05, 3.63) is 23.8 Å². The van der Waals surface area contributed by atoms with Crippen LogP contribution in [0.1, 0.15) is 18.9 Å². The molecule has 1 aromatic rings. The van der Waals surface area contributed by atoms with Gasteiger partial charge in [0.2, 0.25) is 0 Å². The summed E-state index contributed by atoms with van der Waals surface area (Å²) in [5.41, 5.74) is 2.00. The quantitative estimate of drug-likeness (QED) is 0.897. The number of hydrogen-bond acceptors (Lipinski definition) is 4. The zero-order chi connectivity index (χ0) is 14.2. The van der Waals surface area contributed by atoms with Crippen LogP contribution in [0.25, 0.3) is 0 Å². The molecule has 1 aromatic carbocycles. The van der Waals surface area contributed by atoms with E-state index >= 15 is 0 Å². The summed E-state index contributed by atoms with van der Waals surface area (Å²) in [7, 11) is 7.73. The fourth-order valence-electron chi connectivity index (χ4n) is 2.82. The number of fused-ring (bicyclic) bond motifs is 1. The summed E-state index contributed by atoms with van der Waals surface area (Å²) in [6.45, 7) is 3.07. The Morgan fingerprint density at radius 2 is 2.11 bits per heavy atom. The first-order chi connectivity index (χ1) is 8.90. The molecule has 0 bridgehead atoms. The van der Waals surface area contributed by atoms with Crippen molar-refractivity contribution < 1.29 is 9.84 Å². The van der Waals surface area contributed by atoms with E-state index in [9.17, 15) is 5.11 Å². The van der Waals surface area contributed by atoms with E-state index < -0.39 is 6.23 Å². The van der Waals surface area contributed by atoms with Crippen LogP contribution in [0.2, 0.25) is 0 Å². The second kappa shape index (κ2) is 5.02. The van der Waals surface area contributed by atoms with Crippen molar-refractivity contribution in [3.8, 4) is 5.75 Å². The normalized spacial score (nSPS) is 25.8. The predicted octanol–water partition coefficient (Wildman–Crippen LogP) is 1.67. The molecule has 1 N–H and O–H groups in total. The molecular formula is C15H24N2O2. The molecule has 1 aliphatic rings. The maximum Gasteiger partial charge on any atom is 0.136 e. The fraction of sp³-hybridized carbons (Fsp3) is 0.600. The number of aliphatic hydroxyl groups excluding tert-OH is 1. The SMILES string of the molecule is COc1ccc2c(c1)C(C)(CCN(C)C)C(O)N2C. The fourth-order valence-corrected chi connectivity index (χ4v) is 2.82. The Morgan fingerprint density at radius 1 is 1.42 bits per heavy atom. The van der Waals surface area contributed by atoms with Gasteiger partial charge in [-0.25, -0.2) is 0 Å². The summed E-state index contributed by atoms with van der Waals surface area (Å²) in [6.07, 6.45) is 0.417. The molecule has 1 aliphatic heterocycles. The average molecular weight is 264 g/mol. The molecule has 4 nitrogen and oxygen atoms in total. The lowest BCUT2D eigenvalue weighted by atomic mass is 9.79. The van der Waals surface area contributed by atoms with Gasteiger partial charge in [0.25, 0.3) is 0 Å². The van der Waals surface area contributed by atoms with E-state index in [1.165, 1.54) is 5.56 Å². The number of ether oxygens (including phenoxy) is 1. The predicted molar refractivity (Wildman–Crippen MR) is 77.9 cm³/mol. The number of rotatable bonds is 4. The number of likely N-dealkylation sites (N-methyl/N-ethyl adjacent to an activating group) is 1. The number of aliphatic hydroxyl groups is 1. The highest BCUT2D eigenvalue weighted by Gasteiger charge is 2.45. The van der Waals surface area contributed by atoms with E-state index in [-0.39, 0.29) is 5.41 Å². The molecule has 0 aliphatic carbocycles. The van der Waals surface area contributed by atoms with E-state index in [1.807, 2.05) is 24.1 Å². The molecule has 0 amide bonds. The lowest BCUT2D eigenvalue weighted by molar-refractivity contribution is 0.0931.